The van der Waals surface area contributed by atoms with Gasteiger partial charge in [0.1, 0.15) is 0 Å². The average molecular weight is 221 g/mol. The van der Waals surface area contributed by atoms with E-state index >= 15 is 0 Å². The highest BCUT2D eigenvalue weighted by Crippen LogP contribution is 2.17. The van der Waals surface area contributed by atoms with E-state index in [1.165, 1.54) is 7.11 Å². The maximum absolute atomic E-state index is 11.7. The number of likely N-dealkylation sites (N-methyl/N-ethyl adjacent to an activating group) is 1. The lowest BCUT2D eigenvalue weighted by Gasteiger charge is -2.14. The zero-order chi connectivity index (χ0) is 12.0. The molecule has 1 amide bonds. The van der Waals surface area contributed by atoms with E-state index in [1.807, 2.05) is 6.07 Å². The van der Waals surface area contributed by atoms with Crippen LogP contribution >= 0.6 is 0 Å². The van der Waals surface area contributed by atoms with E-state index in [9.17, 15) is 9.59 Å². The number of nitrogens with one attached hydrogen (secondary N) is 1. The number of carbonyl (C=O) groups excluding carboxylic acids is 2. The van der Waals surface area contributed by atoms with Crippen molar-refractivity contribution >= 4 is 11.9 Å². The van der Waals surface area contributed by atoms with Gasteiger partial charge in [-0.2, -0.15) is 0 Å². The molecule has 1 aromatic carbocycles. The Bertz CT molecular complexity index is 362. The first-order chi connectivity index (χ1) is 7.70. The molecule has 0 fully saturated rings. The van der Waals surface area contributed by atoms with Crippen molar-refractivity contribution in [2.45, 2.75) is 12.8 Å². The van der Waals surface area contributed by atoms with Crippen LogP contribution in [0.1, 0.15) is 18.4 Å². The van der Waals surface area contributed by atoms with E-state index in [1.54, 1.807) is 31.2 Å². The quantitative estimate of drug-likeness (QED) is 0.611. The maximum atomic E-state index is 11.7. The van der Waals surface area contributed by atoms with E-state index in [-0.39, 0.29) is 5.91 Å². The fourth-order valence-corrected chi connectivity index (χ4v) is 1.43. The number of esters is 1. The SMILES string of the molecule is CCNC(=O)C(C(=O)OC)c1ccccc1. The predicted octanol–water partition coefficient (Wildman–Crippen LogP) is 1.08. The lowest BCUT2D eigenvalue weighted by atomic mass is 9.98. The van der Waals surface area contributed by atoms with Crippen LogP contribution < -0.4 is 5.32 Å². The summed E-state index contributed by atoms with van der Waals surface area (Å²) in [5, 5.41) is 2.62. The second kappa shape index (κ2) is 5.90. The molecule has 0 bridgehead atoms. The summed E-state index contributed by atoms with van der Waals surface area (Å²) in [7, 11) is 1.28. The van der Waals surface area contributed by atoms with Crippen molar-refractivity contribution in [2.24, 2.45) is 0 Å². The summed E-state index contributed by atoms with van der Waals surface area (Å²) < 4.78 is 4.63. The van der Waals surface area contributed by atoms with Gasteiger partial charge in [0, 0.05) is 6.54 Å². The Morgan fingerprint density at radius 2 is 1.94 bits per heavy atom. The molecule has 0 aliphatic carbocycles. The molecule has 0 aliphatic heterocycles. The second-order valence-electron chi connectivity index (χ2n) is 3.26. The Hall–Kier alpha value is -1.84. The molecule has 1 N–H and O–H groups in total. The van der Waals surface area contributed by atoms with Gasteiger partial charge in [0.05, 0.1) is 7.11 Å². The molecule has 1 atom stereocenters. The van der Waals surface area contributed by atoms with Crippen LogP contribution in [0, 0.1) is 0 Å². The Morgan fingerprint density at radius 1 is 1.31 bits per heavy atom. The minimum Gasteiger partial charge on any atom is -0.468 e. The first kappa shape index (κ1) is 12.2. The molecular formula is C12H15NO3. The lowest BCUT2D eigenvalue weighted by Crippen LogP contribution is -2.34. The smallest absolute Gasteiger partial charge is 0.322 e. The fraction of sp³-hybridized carbons (Fsp3) is 0.333. The third-order valence-corrected chi connectivity index (χ3v) is 2.18. The number of hydrogen-bond acceptors (Lipinski definition) is 3. The van der Waals surface area contributed by atoms with E-state index in [2.05, 4.69) is 10.1 Å². The monoisotopic (exact) mass is 221 g/mol. The number of benzene rings is 1. The van der Waals surface area contributed by atoms with Crippen molar-refractivity contribution in [3.63, 3.8) is 0 Å². The number of methoxy groups -OCH3 is 1. The van der Waals surface area contributed by atoms with Gasteiger partial charge in [-0.1, -0.05) is 30.3 Å². The minimum atomic E-state index is -0.883. The molecule has 16 heavy (non-hydrogen) atoms. The van der Waals surface area contributed by atoms with Crippen LogP contribution in [-0.2, 0) is 14.3 Å². The van der Waals surface area contributed by atoms with Crippen molar-refractivity contribution in [2.75, 3.05) is 13.7 Å². The normalized spacial score (nSPS) is 11.6. The molecule has 0 spiro atoms. The van der Waals surface area contributed by atoms with Gasteiger partial charge in [-0.3, -0.25) is 9.59 Å². The van der Waals surface area contributed by atoms with Crippen LogP contribution in [-0.4, -0.2) is 25.5 Å². The van der Waals surface area contributed by atoms with Gasteiger partial charge in [-0.05, 0) is 12.5 Å². The van der Waals surface area contributed by atoms with E-state index in [0.29, 0.717) is 12.1 Å². The summed E-state index contributed by atoms with van der Waals surface area (Å²) in [5.74, 6) is -1.76. The Morgan fingerprint density at radius 3 is 2.44 bits per heavy atom. The van der Waals surface area contributed by atoms with Crippen LogP contribution in [0.15, 0.2) is 30.3 Å². The topological polar surface area (TPSA) is 55.4 Å². The minimum absolute atomic E-state index is 0.333. The lowest BCUT2D eigenvalue weighted by molar-refractivity contribution is -0.146. The summed E-state index contributed by atoms with van der Waals surface area (Å²) in [6.45, 7) is 2.29. The Balaban J connectivity index is 2.97. The van der Waals surface area contributed by atoms with Gasteiger partial charge in [0.15, 0.2) is 5.92 Å². The molecule has 0 heterocycles. The number of ether oxygens (including phenoxy) is 1. The molecule has 0 saturated carbocycles. The summed E-state index contributed by atoms with van der Waals surface area (Å²) in [6, 6.07) is 8.86. The summed E-state index contributed by atoms with van der Waals surface area (Å²) in [5.41, 5.74) is 0.639. The number of amides is 1. The molecule has 86 valence electrons. The van der Waals surface area contributed by atoms with Gasteiger partial charge in [-0.25, -0.2) is 0 Å². The number of hydrogen-bond donors (Lipinski definition) is 1. The summed E-state index contributed by atoms with van der Waals surface area (Å²) >= 11 is 0. The zero-order valence-corrected chi connectivity index (χ0v) is 9.40. The highest BCUT2D eigenvalue weighted by Gasteiger charge is 2.28. The molecule has 1 unspecified atom stereocenters. The zero-order valence-electron chi connectivity index (χ0n) is 9.40. The highest BCUT2D eigenvalue weighted by atomic mass is 16.5. The summed E-state index contributed by atoms with van der Waals surface area (Å²) in [4.78, 5) is 23.3. The molecule has 4 nitrogen and oxygen atoms in total. The second-order valence-corrected chi connectivity index (χ2v) is 3.26. The molecule has 1 aromatic rings. The van der Waals surface area contributed by atoms with Crippen molar-refractivity contribution in [3.05, 3.63) is 35.9 Å². The molecule has 0 radical (unpaired) electrons. The highest BCUT2D eigenvalue weighted by molar-refractivity contribution is 6.03. The maximum Gasteiger partial charge on any atom is 0.322 e. The molecule has 4 heteroatoms. The van der Waals surface area contributed by atoms with Crippen molar-refractivity contribution in [1.82, 2.24) is 5.32 Å². The van der Waals surface area contributed by atoms with Crippen LogP contribution in [0.5, 0.6) is 0 Å². The third kappa shape index (κ3) is 2.82. The molecule has 1 rings (SSSR count). The van der Waals surface area contributed by atoms with Crippen LogP contribution in [0.25, 0.3) is 0 Å². The Kier molecular flexibility index (Phi) is 4.51. The van der Waals surface area contributed by atoms with E-state index in [4.69, 9.17) is 0 Å². The number of carbonyl (C=O) groups is 2. The fourth-order valence-electron chi connectivity index (χ4n) is 1.43. The van der Waals surface area contributed by atoms with Gasteiger partial charge < -0.3 is 10.1 Å². The molecule has 0 aliphatic rings. The first-order valence-electron chi connectivity index (χ1n) is 5.11. The largest absolute Gasteiger partial charge is 0.468 e. The van der Waals surface area contributed by atoms with Crippen LogP contribution in [0.2, 0.25) is 0 Å². The number of rotatable bonds is 4. The van der Waals surface area contributed by atoms with Crippen molar-refractivity contribution < 1.29 is 14.3 Å². The van der Waals surface area contributed by atoms with Gasteiger partial charge in [0.25, 0.3) is 0 Å². The van der Waals surface area contributed by atoms with Gasteiger partial charge in [-0.15, -0.1) is 0 Å². The van der Waals surface area contributed by atoms with Gasteiger partial charge >= 0.3 is 5.97 Å². The van der Waals surface area contributed by atoms with Crippen molar-refractivity contribution in [1.29, 1.82) is 0 Å². The summed E-state index contributed by atoms with van der Waals surface area (Å²) in [6.07, 6.45) is 0. The van der Waals surface area contributed by atoms with Crippen molar-refractivity contribution in [3.8, 4) is 0 Å². The molecule has 0 aromatic heterocycles. The van der Waals surface area contributed by atoms with Crippen LogP contribution in [0.3, 0.4) is 0 Å². The first-order valence-corrected chi connectivity index (χ1v) is 5.11. The standard InChI is InChI=1S/C12H15NO3/c1-3-13-11(14)10(12(15)16-2)9-7-5-4-6-8-9/h4-8,10H,3H2,1-2H3,(H,13,14). The molecule has 0 saturated heterocycles. The van der Waals surface area contributed by atoms with Gasteiger partial charge in [0.2, 0.25) is 5.91 Å². The van der Waals surface area contributed by atoms with Crippen LogP contribution in [0.4, 0.5) is 0 Å². The third-order valence-electron chi connectivity index (χ3n) is 2.18. The average Bonchev–Trinajstić information content (AvgIpc) is 2.31. The van der Waals surface area contributed by atoms with E-state index < -0.39 is 11.9 Å². The molecular weight excluding hydrogens is 206 g/mol. The predicted molar refractivity (Wildman–Crippen MR) is 59.9 cm³/mol. The van der Waals surface area contributed by atoms with E-state index in [0.717, 1.165) is 0 Å². The Labute approximate surface area is 94.6 Å².